The van der Waals surface area contributed by atoms with Crippen molar-refractivity contribution >= 4 is 35.6 Å². The smallest absolute Gasteiger partial charge is 0.198 e. The summed E-state index contributed by atoms with van der Waals surface area (Å²) in [6.45, 7) is 5.30. The summed E-state index contributed by atoms with van der Waals surface area (Å²) in [4.78, 5) is 7.22. The maximum Gasteiger partial charge on any atom is 0.198 e. The zero-order chi connectivity index (χ0) is 19.2. The van der Waals surface area contributed by atoms with Crippen molar-refractivity contribution in [3.8, 4) is 0 Å². The molecule has 0 bridgehead atoms. The van der Waals surface area contributed by atoms with Crippen LogP contribution in [0.1, 0.15) is 23.9 Å². The van der Waals surface area contributed by atoms with Crippen LogP contribution in [0.5, 0.6) is 0 Å². The van der Waals surface area contributed by atoms with Gasteiger partial charge in [0.25, 0.3) is 0 Å². The molecule has 0 spiro atoms. The highest BCUT2D eigenvalue weighted by molar-refractivity contribution is 14.0. The first kappa shape index (κ1) is 21.3. The van der Waals surface area contributed by atoms with E-state index in [1.807, 2.05) is 6.07 Å². The van der Waals surface area contributed by atoms with Gasteiger partial charge in [-0.3, -0.25) is 0 Å². The molecule has 1 aliphatic heterocycles. The van der Waals surface area contributed by atoms with Gasteiger partial charge in [-0.25, -0.2) is 4.99 Å². The minimum atomic E-state index is 0. The lowest BCUT2D eigenvalue weighted by Gasteiger charge is -2.23. The van der Waals surface area contributed by atoms with Gasteiger partial charge in [0, 0.05) is 31.7 Å². The molecule has 0 amide bonds. The molecule has 29 heavy (non-hydrogen) atoms. The highest BCUT2D eigenvalue weighted by Gasteiger charge is 2.22. The predicted octanol–water partition coefficient (Wildman–Crippen LogP) is 3.67. The van der Waals surface area contributed by atoms with Crippen LogP contribution in [0, 0.1) is 0 Å². The molecule has 0 radical (unpaired) electrons. The third-order valence-electron chi connectivity index (χ3n) is 5.04. The Hall–Kier alpha value is -2.42. The Morgan fingerprint density at radius 1 is 1.10 bits per heavy atom. The quantitative estimate of drug-likeness (QED) is 0.318. The number of anilines is 1. The Balaban J connectivity index is 0.00000240. The van der Waals surface area contributed by atoms with Gasteiger partial charge < -0.3 is 14.8 Å². The number of guanidine groups is 1. The van der Waals surface area contributed by atoms with Crippen molar-refractivity contribution in [2.75, 3.05) is 18.0 Å². The monoisotopic (exact) mass is 502 g/mol. The van der Waals surface area contributed by atoms with Gasteiger partial charge >= 0.3 is 0 Å². The van der Waals surface area contributed by atoms with Gasteiger partial charge in [-0.15, -0.1) is 34.2 Å². The Morgan fingerprint density at radius 3 is 2.72 bits per heavy atom. The van der Waals surface area contributed by atoms with E-state index < -0.39 is 0 Å². The fraction of sp³-hybridized carbons (Fsp3) is 0.318. The van der Waals surface area contributed by atoms with E-state index in [2.05, 4.69) is 80.4 Å². The van der Waals surface area contributed by atoms with Gasteiger partial charge in [-0.1, -0.05) is 55.5 Å². The van der Waals surface area contributed by atoms with Crippen molar-refractivity contribution in [1.82, 2.24) is 20.1 Å². The molecule has 7 heteroatoms. The summed E-state index contributed by atoms with van der Waals surface area (Å²) in [6, 6.07) is 19.0. The second-order valence-corrected chi connectivity index (χ2v) is 6.88. The van der Waals surface area contributed by atoms with Gasteiger partial charge in [0.05, 0.1) is 6.54 Å². The lowest BCUT2D eigenvalue weighted by Crippen LogP contribution is -2.42. The number of nitrogens with one attached hydrogen (secondary N) is 1. The van der Waals surface area contributed by atoms with Crippen molar-refractivity contribution < 1.29 is 0 Å². The Bertz CT molecular complexity index is 937. The summed E-state index contributed by atoms with van der Waals surface area (Å²) < 4.78 is 2.10. The molecule has 1 aliphatic rings. The first-order valence-corrected chi connectivity index (χ1v) is 9.89. The number of aliphatic imine (C=N–C) groups is 1. The van der Waals surface area contributed by atoms with Crippen LogP contribution in [0.3, 0.4) is 0 Å². The molecule has 0 unspecified atom stereocenters. The van der Waals surface area contributed by atoms with E-state index >= 15 is 0 Å². The molecule has 2 aromatic carbocycles. The normalized spacial score (nSPS) is 13.1. The number of aromatic nitrogens is 3. The Morgan fingerprint density at radius 2 is 1.90 bits per heavy atom. The first-order chi connectivity index (χ1) is 13.8. The van der Waals surface area contributed by atoms with Crippen LogP contribution in [0.15, 0.2) is 65.9 Å². The number of aryl methyl sites for hydroxylation is 1. The molecule has 2 heterocycles. The number of halogens is 1. The second kappa shape index (κ2) is 10.4. The first-order valence-electron chi connectivity index (χ1n) is 9.89. The van der Waals surface area contributed by atoms with Gasteiger partial charge in [0.15, 0.2) is 5.96 Å². The van der Waals surface area contributed by atoms with Gasteiger partial charge in [0.1, 0.15) is 12.2 Å². The summed E-state index contributed by atoms with van der Waals surface area (Å²) >= 11 is 0. The zero-order valence-corrected chi connectivity index (χ0v) is 19.0. The zero-order valence-electron chi connectivity index (χ0n) is 16.7. The topological polar surface area (TPSA) is 58.3 Å². The largest absolute Gasteiger partial charge is 0.354 e. The third kappa shape index (κ3) is 5.14. The van der Waals surface area contributed by atoms with Gasteiger partial charge in [-0.2, -0.15) is 0 Å². The Labute approximate surface area is 189 Å². The number of benzene rings is 2. The number of hydrogen-bond acceptors (Lipinski definition) is 3. The summed E-state index contributed by atoms with van der Waals surface area (Å²) in [5, 5.41) is 11.7. The van der Waals surface area contributed by atoms with Crippen molar-refractivity contribution in [2.45, 2.75) is 32.9 Å². The van der Waals surface area contributed by atoms with E-state index in [0.717, 1.165) is 44.3 Å². The maximum absolute atomic E-state index is 4.93. The molecule has 0 saturated carbocycles. The summed E-state index contributed by atoms with van der Waals surface area (Å²) in [5.74, 6) is 1.94. The average Bonchev–Trinajstić information content (AvgIpc) is 3.38. The van der Waals surface area contributed by atoms with Crippen molar-refractivity contribution in [3.05, 3.63) is 77.9 Å². The SMILES string of the molecule is CCc1nncn1CCNC(=NCc1ccccc1)N1CCc2ccccc21.I. The molecule has 6 nitrogen and oxygen atoms in total. The highest BCUT2D eigenvalue weighted by atomic mass is 127. The molecule has 152 valence electrons. The maximum atomic E-state index is 4.93. The van der Waals surface area contributed by atoms with Crippen LogP contribution in [-0.2, 0) is 25.9 Å². The standard InChI is InChI=1S/C22H26N6.HI/c1-2-21-26-25-17-27(21)15-13-23-22(24-16-18-8-4-3-5-9-18)28-14-12-19-10-6-7-11-20(19)28;/h3-11,17H,2,12-16H2,1H3,(H,23,24);1H. The number of para-hydroxylation sites is 1. The second-order valence-electron chi connectivity index (χ2n) is 6.88. The molecule has 0 saturated heterocycles. The molecule has 0 aliphatic carbocycles. The number of hydrogen-bond donors (Lipinski definition) is 1. The van der Waals surface area contributed by atoms with Crippen LogP contribution in [0.4, 0.5) is 5.69 Å². The molecular weight excluding hydrogens is 475 g/mol. The lowest BCUT2D eigenvalue weighted by atomic mass is 10.2. The molecule has 1 N–H and O–H groups in total. The van der Waals surface area contributed by atoms with E-state index in [1.54, 1.807) is 6.33 Å². The van der Waals surface area contributed by atoms with Crippen LogP contribution in [0.25, 0.3) is 0 Å². The minimum Gasteiger partial charge on any atom is -0.354 e. The fourth-order valence-corrected chi connectivity index (χ4v) is 3.57. The lowest BCUT2D eigenvalue weighted by molar-refractivity contribution is 0.636. The van der Waals surface area contributed by atoms with Crippen molar-refractivity contribution in [3.63, 3.8) is 0 Å². The molecule has 0 atom stereocenters. The van der Waals surface area contributed by atoms with Crippen LogP contribution >= 0.6 is 24.0 Å². The summed E-state index contributed by atoms with van der Waals surface area (Å²) in [7, 11) is 0. The van der Waals surface area contributed by atoms with Crippen molar-refractivity contribution in [1.29, 1.82) is 0 Å². The van der Waals surface area contributed by atoms with Gasteiger partial charge in [-0.05, 0) is 23.6 Å². The fourth-order valence-electron chi connectivity index (χ4n) is 3.57. The Kier molecular flexibility index (Phi) is 7.62. The number of nitrogens with zero attached hydrogens (tertiary/aromatic N) is 5. The van der Waals surface area contributed by atoms with E-state index in [1.165, 1.54) is 16.8 Å². The number of fused-ring (bicyclic) bond motifs is 1. The molecule has 3 aromatic rings. The van der Waals surface area contributed by atoms with Crippen LogP contribution < -0.4 is 10.2 Å². The van der Waals surface area contributed by atoms with Crippen LogP contribution in [0.2, 0.25) is 0 Å². The average molecular weight is 502 g/mol. The molecule has 4 rings (SSSR count). The van der Waals surface area contributed by atoms with Crippen molar-refractivity contribution in [2.24, 2.45) is 4.99 Å². The van der Waals surface area contributed by atoms with E-state index in [-0.39, 0.29) is 24.0 Å². The third-order valence-corrected chi connectivity index (χ3v) is 5.04. The summed E-state index contributed by atoms with van der Waals surface area (Å²) in [5.41, 5.74) is 3.84. The van der Waals surface area contributed by atoms with E-state index in [9.17, 15) is 0 Å². The minimum absolute atomic E-state index is 0. The van der Waals surface area contributed by atoms with E-state index in [4.69, 9.17) is 4.99 Å². The van der Waals surface area contributed by atoms with E-state index in [0.29, 0.717) is 6.54 Å². The molecule has 0 fully saturated rings. The summed E-state index contributed by atoms with van der Waals surface area (Å²) in [6.07, 6.45) is 3.73. The molecule has 1 aromatic heterocycles. The van der Waals surface area contributed by atoms with Gasteiger partial charge in [0.2, 0.25) is 0 Å². The highest BCUT2D eigenvalue weighted by Crippen LogP contribution is 2.27. The predicted molar refractivity (Wildman–Crippen MR) is 128 cm³/mol. The number of rotatable bonds is 6. The molecular formula is C22H27IN6. The van der Waals surface area contributed by atoms with Crippen LogP contribution in [-0.4, -0.2) is 33.8 Å².